The van der Waals surface area contributed by atoms with Gasteiger partial charge in [0.25, 0.3) is 0 Å². The van der Waals surface area contributed by atoms with E-state index in [2.05, 4.69) is 54.4 Å². The summed E-state index contributed by atoms with van der Waals surface area (Å²) in [5, 5.41) is 0. The molecule has 0 bridgehead atoms. The van der Waals surface area contributed by atoms with Gasteiger partial charge in [-0.3, -0.25) is 0 Å². The first-order chi connectivity index (χ1) is 5.54. The average molecular weight is 236 g/mol. The molecule has 1 heteroatoms. The second-order valence-electron chi connectivity index (χ2n) is 3.78. The van der Waals surface area contributed by atoms with Gasteiger partial charge >= 0.3 is 19.5 Å². The standard InChI is InChI=1S/2C6H13.Zn/c2*1-4-5-6(2)3;/h2*5-6H,4H2,1-3H3;/q2*-1;+2. The molecular formula is C12H26Zn. The van der Waals surface area contributed by atoms with Crippen molar-refractivity contribution >= 4 is 0 Å². The molecule has 0 aromatic carbocycles. The summed E-state index contributed by atoms with van der Waals surface area (Å²) in [6.07, 6.45) is 7.00. The fourth-order valence-electron chi connectivity index (χ4n) is 0.943. The predicted octanol–water partition coefficient (Wildman–Crippen LogP) is 4.51. The largest absolute Gasteiger partial charge is 2.00 e. The summed E-state index contributed by atoms with van der Waals surface area (Å²) >= 11 is 0. The zero-order chi connectivity index (χ0) is 9.98. The molecule has 13 heavy (non-hydrogen) atoms. The minimum Gasteiger partial charge on any atom is -0.326 e. The third-order valence-corrected chi connectivity index (χ3v) is 1.41. The third-order valence-electron chi connectivity index (χ3n) is 1.41. The molecule has 0 aromatic heterocycles. The minimum atomic E-state index is 0. The van der Waals surface area contributed by atoms with Crippen molar-refractivity contribution in [2.75, 3.05) is 0 Å². The summed E-state index contributed by atoms with van der Waals surface area (Å²) in [7, 11) is 0. The predicted molar refractivity (Wildman–Crippen MR) is 58.9 cm³/mol. The molecule has 0 nitrogen and oxygen atoms in total. The molecule has 0 N–H and O–H groups in total. The maximum absolute atomic E-state index is 2.29. The Bertz CT molecular complexity index is 57.5. The Kier molecular flexibility index (Phi) is 22.4. The van der Waals surface area contributed by atoms with E-state index >= 15 is 0 Å². The molecule has 0 radical (unpaired) electrons. The van der Waals surface area contributed by atoms with E-state index in [1.54, 1.807) is 0 Å². The van der Waals surface area contributed by atoms with Gasteiger partial charge in [-0.1, -0.05) is 41.5 Å². The molecule has 0 aliphatic carbocycles. The van der Waals surface area contributed by atoms with Gasteiger partial charge in [0, 0.05) is 0 Å². The van der Waals surface area contributed by atoms with Crippen LogP contribution in [0.15, 0.2) is 0 Å². The molecule has 0 saturated carbocycles. The van der Waals surface area contributed by atoms with Gasteiger partial charge in [0.15, 0.2) is 0 Å². The SMILES string of the molecule is CC[CH-]C(C)C.CC[CH-]C(C)C.[Zn+2]. The van der Waals surface area contributed by atoms with Crippen LogP contribution in [0.5, 0.6) is 0 Å². The van der Waals surface area contributed by atoms with Crippen LogP contribution in [0, 0.1) is 24.7 Å². The Balaban J connectivity index is -0.000000143. The number of hydrogen-bond acceptors (Lipinski definition) is 0. The van der Waals surface area contributed by atoms with Gasteiger partial charge < -0.3 is 12.8 Å². The normalized spacial score (nSPS) is 9.23. The second-order valence-corrected chi connectivity index (χ2v) is 3.78. The van der Waals surface area contributed by atoms with Crippen molar-refractivity contribution in [3.63, 3.8) is 0 Å². The molecule has 0 unspecified atom stereocenters. The van der Waals surface area contributed by atoms with E-state index < -0.39 is 0 Å². The monoisotopic (exact) mass is 234 g/mol. The molecule has 0 spiro atoms. The first kappa shape index (κ1) is 19.2. The maximum Gasteiger partial charge on any atom is 2.00 e. The van der Waals surface area contributed by atoms with Crippen LogP contribution in [0.4, 0.5) is 0 Å². The van der Waals surface area contributed by atoms with E-state index in [1.807, 2.05) is 0 Å². The van der Waals surface area contributed by atoms with Gasteiger partial charge in [-0.25, -0.2) is 0 Å². The van der Waals surface area contributed by atoms with Gasteiger partial charge in [-0.05, 0) is 0 Å². The van der Waals surface area contributed by atoms with Gasteiger partial charge in [0.05, 0.1) is 0 Å². The van der Waals surface area contributed by atoms with Crippen molar-refractivity contribution in [1.82, 2.24) is 0 Å². The first-order valence-corrected chi connectivity index (χ1v) is 5.21. The molecule has 76 valence electrons. The van der Waals surface area contributed by atoms with E-state index in [1.165, 1.54) is 12.8 Å². The summed E-state index contributed by atoms with van der Waals surface area (Å²) in [5.74, 6) is 1.55. The molecule has 0 heterocycles. The molecule has 0 fully saturated rings. The van der Waals surface area contributed by atoms with E-state index in [9.17, 15) is 0 Å². The van der Waals surface area contributed by atoms with Crippen molar-refractivity contribution in [2.45, 2.75) is 54.4 Å². The van der Waals surface area contributed by atoms with Crippen molar-refractivity contribution in [1.29, 1.82) is 0 Å². The Hall–Kier alpha value is 0.623. The Morgan fingerprint density at radius 3 is 1.00 bits per heavy atom. The van der Waals surface area contributed by atoms with Gasteiger partial charge in [0.1, 0.15) is 0 Å². The van der Waals surface area contributed by atoms with Crippen LogP contribution in [-0.4, -0.2) is 0 Å². The van der Waals surface area contributed by atoms with Crippen molar-refractivity contribution in [3.05, 3.63) is 12.8 Å². The molecule has 0 aliphatic heterocycles. The van der Waals surface area contributed by atoms with Crippen LogP contribution in [-0.2, 0) is 19.5 Å². The molecule has 0 atom stereocenters. The molecule has 0 aromatic rings. The van der Waals surface area contributed by atoms with Crippen LogP contribution in [0.1, 0.15) is 54.4 Å². The third kappa shape index (κ3) is 32.5. The Morgan fingerprint density at radius 1 is 0.769 bits per heavy atom. The molecule has 0 amide bonds. The average Bonchev–Trinajstić information content (AvgIpc) is 1.87. The summed E-state index contributed by atoms with van der Waals surface area (Å²) < 4.78 is 0. The van der Waals surface area contributed by atoms with Crippen LogP contribution in [0.25, 0.3) is 0 Å². The van der Waals surface area contributed by atoms with Crippen molar-refractivity contribution in [3.8, 4) is 0 Å². The van der Waals surface area contributed by atoms with Gasteiger partial charge in [0.2, 0.25) is 0 Å². The van der Waals surface area contributed by atoms with Crippen LogP contribution in [0.2, 0.25) is 0 Å². The molecule has 0 rings (SSSR count). The summed E-state index contributed by atoms with van der Waals surface area (Å²) in [4.78, 5) is 0. The summed E-state index contributed by atoms with van der Waals surface area (Å²) in [6, 6.07) is 0. The zero-order valence-electron chi connectivity index (χ0n) is 10.4. The minimum absolute atomic E-state index is 0. The van der Waals surface area contributed by atoms with Gasteiger partial charge in [-0.15, -0.1) is 0 Å². The van der Waals surface area contributed by atoms with Crippen LogP contribution < -0.4 is 0 Å². The van der Waals surface area contributed by atoms with E-state index in [0.29, 0.717) is 0 Å². The van der Waals surface area contributed by atoms with E-state index in [0.717, 1.165) is 11.8 Å². The molecule has 0 aliphatic rings. The topological polar surface area (TPSA) is 0 Å². The number of hydrogen-bond donors (Lipinski definition) is 0. The smallest absolute Gasteiger partial charge is 0.326 e. The van der Waals surface area contributed by atoms with E-state index in [-0.39, 0.29) is 19.5 Å². The summed E-state index contributed by atoms with van der Waals surface area (Å²) in [5.41, 5.74) is 0. The zero-order valence-corrected chi connectivity index (χ0v) is 13.4. The Labute approximate surface area is 98.6 Å². The second kappa shape index (κ2) is 15.1. The fourth-order valence-corrected chi connectivity index (χ4v) is 0.943. The molecule has 0 saturated heterocycles. The van der Waals surface area contributed by atoms with Crippen molar-refractivity contribution < 1.29 is 19.5 Å². The molecular weight excluding hydrogens is 210 g/mol. The quantitative estimate of drug-likeness (QED) is 0.497. The number of rotatable bonds is 4. The van der Waals surface area contributed by atoms with Crippen LogP contribution in [0.3, 0.4) is 0 Å². The maximum atomic E-state index is 2.29. The van der Waals surface area contributed by atoms with Crippen LogP contribution >= 0.6 is 0 Å². The fraction of sp³-hybridized carbons (Fsp3) is 0.833. The van der Waals surface area contributed by atoms with Gasteiger partial charge in [-0.2, -0.15) is 24.7 Å². The first-order valence-electron chi connectivity index (χ1n) is 5.21. The Morgan fingerprint density at radius 2 is 1.00 bits per heavy atom. The summed E-state index contributed by atoms with van der Waals surface area (Å²) in [6.45, 7) is 13.1. The van der Waals surface area contributed by atoms with Crippen molar-refractivity contribution in [2.24, 2.45) is 11.8 Å². The van der Waals surface area contributed by atoms with E-state index in [4.69, 9.17) is 0 Å².